The highest BCUT2D eigenvalue weighted by molar-refractivity contribution is 5.70. The molecule has 108 valence electrons. The molecule has 4 N–H and O–H groups in total. The summed E-state index contributed by atoms with van der Waals surface area (Å²) in [6, 6.07) is 2.69. The minimum Gasteiger partial charge on any atom is -0.488 e. The third kappa shape index (κ3) is 4.25. The van der Waals surface area contributed by atoms with Crippen molar-refractivity contribution in [1.82, 2.24) is 0 Å². The second-order valence-electron chi connectivity index (χ2n) is 4.44. The Morgan fingerprint density at radius 2 is 1.84 bits per heavy atom. The van der Waals surface area contributed by atoms with Crippen LogP contribution in [0.1, 0.15) is 13.8 Å². The van der Waals surface area contributed by atoms with Gasteiger partial charge >= 0.3 is 0 Å². The van der Waals surface area contributed by atoms with E-state index in [1.165, 1.54) is 12.1 Å². The third-order valence-electron chi connectivity index (χ3n) is 2.52. The van der Waals surface area contributed by atoms with Crippen LogP contribution in [0.4, 0.5) is 15.8 Å². The molecule has 0 unspecified atom stereocenters. The fourth-order valence-electron chi connectivity index (χ4n) is 1.77. The van der Waals surface area contributed by atoms with Gasteiger partial charge in [0.15, 0.2) is 11.6 Å². The number of aliphatic hydroxyl groups excluding tert-OH is 2. The van der Waals surface area contributed by atoms with E-state index in [1.54, 1.807) is 18.7 Å². The Hall–Kier alpha value is -1.53. The van der Waals surface area contributed by atoms with Gasteiger partial charge in [-0.1, -0.05) is 0 Å². The number of anilines is 2. The molecule has 1 aromatic rings. The second-order valence-corrected chi connectivity index (χ2v) is 4.44. The van der Waals surface area contributed by atoms with Crippen molar-refractivity contribution in [3.63, 3.8) is 0 Å². The van der Waals surface area contributed by atoms with E-state index in [1.807, 2.05) is 0 Å². The van der Waals surface area contributed by atoms with Gasteiger partial charge in [0.2, 0.25) is 0 Å². The normalized spacial score (nSPS) is 10.8. The molecule has 0 aliphatic heterocycles. The van der Waals surface area contributed by atoms with E-state index in [0.29, 0.717) is 18.8 Å². The zero-order chi connectivity index (χ0) is 14.4. The van der Waals surface area contributed by atoms with Crippen molar-refractivity contribution >= 4 is 11.4 Å². The predicted octanol–water partition coefficient (Wildman–Crippen LogP) is 0.986. The van der Waals surface area contributed by atoms with Crippen LogP contribution in [0.15, 0.2) is 12.1 Å². The van der Waals surface area contributed by atoms with Gasteiger partial charge in [-0.25, -0.2) is 4.39 Å². The van der Waals surface area contributed by atoms with Crippen LogP contribution in [0.5, 0.6) is 5.75 Å². The number of nitrogen functional groups attached to an aromatic ring is 1. The van der Waals surface area contributed by atoms with Gasteiger partial charge in [0.1, 0.15) is 0 Å². The molecule has 19 heavy (non-hydrogen) atoms. The molecular weight excluding hydrogens is 251 g/mol. The lowest BCUT2D eigenvalue weighted by atomic mass is 10.2. The largest absolute Gasteiger partial charge is 0.488 e. The van der Waals surface area contributed by atoms with Gasteiger partial charge in [-0.3, -0.25) is 0 Å². The highest BCUT2D eigenvalue weighted by Gasteiger charge is 2.15. The number of ether oxygens (including phenoxy) is 1. The molecule has 0 amide bonds. The van der Waals surface area contributed by atoms with Crippen molar-refractivity contribution in [2.45, 2.75) is 20.0 Å². The van der Waals surface area contributed by atoms with Crippen LogP contribution >= 0.6 is 0 Å². The van der Waals surface area contributed by atoms with Gasteiger partial charge in [0, 0.05) is 25.2 Å². The first kappa shape index (κ1) is 15.5. The maximum atomic E-state index is 13.7. The van der Waals surface area contributed by atoms with E-state index < -0.39 is 5.82 Å². The Morgan fingerprint density at radius 1 is 1.26 bits per heavy atom. The third-order valence-corrected chi connectivity index (χ3v) is 2.52. The summed E-state index contributed by atoms with van der Waals surface area (Å²) >= 11 is 0. The zero-order valence-electron chi connectivity index (χ0n) is 11.3. The minimum absolute atomic E-state index is 0.0861. The number of aliphatic hydroxyl groups is 2. The molecule has 0 spiro atoms. The smallest absolute Gasteiger partial charge is 0.167 e. The Labute approximate surface area is 112 Å². The molecule has 0 aromatic heterocycles. The van der Waals surface area contributed by atoms with E-state index in [0.717, 1.165) is 0 Å². The highest BCUT2D eigenvalue weighted by atomic mass is 19.1. The Balaban J connectivity index is 3.09. The number of hydrogen-bond donors (Lipinski definition) is 3. The molecule has 0 radical (unpaired) electrons. The summed E-state index contributed by atoms with van der Waals surface area (Å²) < 4.78 is 19.1. The molecule has 0 aliphatic carbocycles. The van der Waals surface area contributed by atoms with E-state index >= 15 is 0 Å². The maximum Gasteiger partial charge on any atom is 0.167 e. The van der Waals surface area contributed by atoms with Crippen molar-refractivity contribution in [2.75, 3.05) is 36.9 Å². The standard InChI is InChI=1S/C13H21FN2O3/c1-9(2)19-13-8-12(11(15)7-10(13)14)16(3-5-17)4-6-18/h7-9,17-18H,3-6,15H2,1-2H3. The fourth-order valence-corrected chi connectivity index (χ4v) is 1.77. The zero-order valence-corrected chi connectivity index (χ0v) is 11.3. The molecule has 0 saturated heterocycles. The molecule has 0 saturated carbocycles. The van der Waals surface area contributed by atoms with E-state index in [-0.39, 0.29) is 30.8 Å². The van der Waals surface area contributed by atoms with Crippen LogP contribution in [0.2, 0.25) is 0 Å². The summed E-state index contributed by atoms with van der Waals surface area (Å²) in [5, 5.41) is 18.0. The summed E-state index contributed by atoms with van der Waals surface area (Å²) in [5.41, 5.74) is 6.57. The van der Waals surface area contributed by atoms with Crippen molar-refractivity contribution in [1.29, 1.82) is 0 Å². The predicted molar refractivity (Wildman–Crippen MR) is 73.0 cm³/mol. The highest BCUT2D eigenvalue weighted by Crippen LogP contribution is 2.31. The first-order valence-corrected chi connectivity index (χ1v) is 6.22. The summed E-state index contributed by atoms with van der Waals surface area (Å²) in [6.07, 6.45) is -0.157. The molecule has 6 heteroatoms. The molecule has 0 fully saturated rings. The van der Waals surface area contributed by atoms with Gasteiger partial charge in [0.25, 0.3) is 0 Å². The molecule has 0 aliphatic rings. The summed E-state index contributed by atoms with van der Waals surface area (Å²) in [6.45, 7) is 4.03. The molecule has 0 bridgehead atoms. The first-order valence-electron chi connectivity index (χ1n) is 6.22. The van der Waals surface area contributed by atoms with Gasteiger partial charge < -0.3 is 25.6 Å². The minimum atomic E-state index is -0.525. The molecule has 0 heterocycles. The Morgan fingerprint density at radius 3 is 2.32 bits per heavy atom. The average Bonchev–Trinajstić information content (AvgIpc) is 2.32. The number of benzene rings is 1. The van der Waals surface area contributed by atoms with Crippen LogP contribution in [-0.4, -0.2) is 42.6 Å². The molecule has 0 atom stereocenters. The van der Waals surface area contributed by atoms with Crippen LogP contribution in [0.3, 0.4) is 0 Å². The second kappa shape index (κ2) is 7.16. The molecular formula is C13H21FN2O3. The van der Waals surface area contributed by atoms with Crippen LogP contribution in [0, 0.1) is 5.82 Å². The fraction of sp³-hybridized carbons (Fsp3) is 0.538. The molecule has 1 rings (SSSR count). The van der Waals surface area contributed by atoms with E-state index in [9.17, 15) is 4.39 Å². The Bertz CT molecular complexity index is 407. The van der Waals surface area contributed by atoms with Gasteiger partial charge in [-0.05, 0) is 13.8 Å². The number of rotatable bonds is 7. The Kier molecular flexibility index (Phi) is 5.85. The van der Waals surface area contributed by atoms with E-state index in [2.05, 4.69) is 0 Å². The van der Waals surface area contributed by atoms with Crippen molar-refractivity contribution in [3.05, 3.63) is 17.9 Å². The lowest BCUT2D eigenvalue weighted by Gasteiger charge is -2.25. The lowest BCUT2D eigenvalue weighted by Crippen LogP contribution is -2.30. The summed E-state index contributed by atoms with van der Waals surface area (Å²) in [7, 11) is 0. The van der Waals surface area contributed by atoms with Gasteiger partial charge in [-0.2, -0.15) is 0 Å². The van der Waals surface area contributed by atoms with E-state index in [4.69, 9.17) is 20.7 Å². The van der Waals surface area contributed by atoms with Gasteiger partial charge in [0.05, 0.1) is 30.7 Å². The molecule has 1 aromatic carbocycles. The van der Waals surface area contributed by atoms with Gasteiger partial charge in [-0.15, -0.1) is 0 Å². The lowest BCUT2D eigenvalue weighted by molar-refractivity contribution is 0.231. The van der Waals surface area contributed by atoms with Crippen molar-refractivity contribution in [3.8, 4) is 5.75 Å². The van der Waals surface area contributed by atoms with Crippen molar-refractivity contribution < 1.29 is 19.3 Å². The maximum absolute atomic E-state index is 13.7. The monoisotopic (exact) mass is 272 g/mol. The summed E-state index contributed by atoms with van der Waals surface area (Å²) in [5.74, 6) is -0.414. The van der Waals surface area contributed by atoms with Crippen LogP contribution in [-0.2, 0) is 0 Å². The number of halogens is 1. The first-order chi connectivity index (χ1) is 8.99. The SMILES string of the molecule is CC(C)Oc1cc(N(CCO)CCO)c(N)cc1F. The van der Waals surface area contributed by atoms with Crippen molar-refractivity contribution in [2.24, 2.45) is 0 Å². The quantitative estimate of drug-likeness (QED) is 0.645. The number of hydrogen-bond acceptors (Lipinski definition) is 5. The topological polar surface area (TPSA) is 79.0 Å². The molecule has 5 nitrogen and oxygen atoms in total. The van der Waals surface area contributed by atoms with Crippen LogP contribution < -0.4 is 15.4 Å². The van der Waals surface area contributed by atoms with Crippen LogP contribution in [0.25, 0.3) is 0 Å². The number of nitrogens with two attached hydrogens (primary N) is 1. The number of nitrogens with zero attached hydrogens (tertiary/aromatic N) is 1. The summed E-state index contributed by atoms with van der Waals surface area (Å²) in [4.78, 5) is 1.68. The average molecular weight is 272 g/mol.